The van der Waals surface area contributed by atoms with Crippen LogP contribution in [-0.4, -0.2) is 11.2 Å². The summed E-state index contributed by atoms with van der Waals surface area (Å²) in [5, 5.41) is 6.51. The standard InChI is InChI=1S/C25H24N2O/c1-27-22-11-5-3-7-17(22)20-15-16(12-13-23(20)27)24-19-9-6-14-28-25(19)18-8-2-4-10-21(18)26-24/h2-5,7-8,10-13,15,19,24-26H,6,9,14H2,1H3/t19?,24-,25?/m1/s1. The number of fused-ring (bicyclic) bond motifs is 6. The van der Waals surface area contributed by atoms with Crippen molar-refractivity contribution >= 4 is 27.5 Å². The first-order valence-corrected chi connectivity index (χ1v) is 10.3. The maximum absolute atomic E-state index is 6.28. The number of anilines is 1. The van der Waals surface area contributed by atoms with E-state index >= 15 is 0 Å². The van der Waals surface area contributed by atoms with E-state index in [4.69, 9.17) is 4.74 Å². The fourth-order valence-corrected chi connectivity index (χ4v) is 5.33. The van der Waals surface area contributed by atoms with E-state index in [2.05, 4.69) is 83.7 Å². The second-order valence-electron chi connectivity index (χ2n) is 8.16. The lowest BCUT2D eigenvalue weighted by Crippen LogP contribution is -2.35. The molecule has 0 amide bonds. The van der Waals surface area contributed by atoms with Gasteiger partial charge in [-0.3, -0.25) is 0 Å². The van der Waals surface area contributed by atoms with E-state index in [1.54, 1.807) is 0 Å². The number of aromatic nitrogens is 1. The Morgan fingerprint density at radius 2 is 1.75 bits per heavy atom. The van der Waals surface area contributed by atoms with E-state index in [9.17, 15) is 0 Å². The molecule has 0 aliphatic carbocycles. The highest BCUT2D eigenvalue weighted by Crippen LogP contribution is 2.49. The Balaban J connectivity index is 1.52. The van der Waals surface area contributed by atoms with Gasteiger partial charge < -0.3 is 14.6 Å². The predicted octanol–water partition coefficient (Wildman–Crippen LogP) is 5.97. The summed E-state index contributed by atoms with van der Waals surface area (Å²) in [6.45, 7) is 0.866. The summed E-state index contributed by atoms with van der Waals surface area (Å²) in [7, 11) is 2.16. The second-order valence-corrected chi connectivity index (χ2v) is 8.16. The third-order valence-corrected chi connectivity index (χ3v) is 6.67. The van der Waals surface area contributed by atoms with Crippen LogP contribution in [0.25, 0.3) is 21.8 Å². The lowest BCUT2D eigenvalue weighted by molar-refractivity contribution is -0.0381. The summed E-state index contributed by atoms with van der Waals surface area (Å²) in [6, 6.07) is 24.6. The monoisotopic (exact) mass is 368 g/mol. The molecule has 3 heteroatoms. The summed E-state index contributed by atoms with van der Waals surface area (Å²) >= 11 is 0. The van der Waals surface area contributed by atoms with Gasteiger partial charge in [0.1, 0.15) is 0 Å². The molecule has 2 aliphatic rings. The molecule has 1 fully saturated rings. The highest BCUT2D eigenvalue weighted by molar-refractivity contribution is 6.08. The number of rotatable bonds is 1. The van der Waals surface area contributed by atoms with Crippen molar-refractivity contribution in [3.63, 3.8) is 0 Å². The molecule has 140 valence electrons. The molecular weight excluding hydrogens is 344 g/mol. The molecule has 3 heterocycles. The quantitative estimate of drug-likeness (QED) is 0.448. The van der Waals surface area contributed by atoms with Gasteiger partial charge in [-0.2, -0.15) is 0 Å². The maximum atomic E-state index is 6.28. The lowest BCUT2D eigenvalue weighted by Gasteiger charge is -2.43. The molecule has 1 saturated heterocycles. The van der Waals surface area contributed by atoms with E-state index in [0.717, 1.165) is 13.0 Å². The molecule has 3 nitrogen and oxygen atoms in total. The highest BCUT2D eigenvalue weighted by atomic mass is 16.5. The van der Waals surface area contributed by atoms with Crippen molar-refractivity contribution in [3.05, 3.63) is 77.9 Å². The number of hydrogen-bond donors (Lipinski definition) is 1. The molecule has 1 N–H and O–H groups in total. The number of nitrogens with zero attached hydrogens (tertiary/aromatic N) is 1. The number of aryl methyl sites for hydroxylation is 1. The van der Waals surface area contributed by atoms with Gasteiger partial charge in [-0.15, -0.1) is 0 Å². The smallest absolute Gasteiger partial charge is 0.0895 e. The maximum Gasteiger partial charge on any atom is 0.0895 e. The summed E-state index contributed by atoms with van der Waals surface area (Å²) in [6.07, 6.45) is 2.53. The van der Waals surface area contributed by atoms with Gasteiger partial charge >= 0.3 is 0 Å². The zero-order valence-corrected chi connectivity index (χ0v) is 16.1. The molecule has 3 atom stereocenters. The second kappa shape index (κ2) is 6.11. The first-order valence-electron chi connectivity index (χ1n) is 10.3. The molecule has 3 aromatic carbocycles. The summed E-state index contributed by atoms with van der Waals surface area (Å²) in [4.78, 5) is 0. The number of hydrogen-bond acceptors (Lipinski definition) is 2. The van der Waals surface area contributed by atoms with Crippen molar-refractivity contribution in [1.82, 2.24) is 4.57 Å². The van der Waals surface area contributed by atoms with Crippen molar-refractivity contribution < 1.29 is 4.74 Å². The largest absolute Gasteiger partial charge is 0.378 e. The van der Waals surface area contributed by atoms with Gasteiger partial charge in [0.2, 0.25) is 0 Å². The molecule has 4 aromatic rings. The normalized spacial score (nSPS) is 24.0. The Morgan fingerprint density at radius 1 is 0.929 bits per heavy atom. The van der Waals surface area contributed by atoms with Crippen LogP contribution in [0.4, 0.5) is 5.69 Å². The molecule has 0 spiro atoms. The lowest BCUT2D eigenvalue weighted by atomic mass is 9.77. The van der Waals surface area contributed by atoms with Crippen LogP contribution in [0.3, 0.4) is 0 Å². The summed E-state index contributed by atoms with van der Waals surface area (Å²) in [5.74, 6) is 0.469. The predicted molar refractivity (Wildman–Crippen MR) is 115 cm³/mol. The van der Waals surface area contributed by atoms with Crippen LogP contribution in [0.5, 0.6) is 0 Å². The summed E-state index contributed by atoms with van der Waals surface area (Å²) in [5.41, 5.74) is 6.47. The Hall–Kier alpha value is -2.78. The van der Waals surface area contributed by atoms with Gasteiger partial charge in [0, 0.05) is 52.6 Å². The van der Waals surface area contributed by atoms with Crippen molar-refractivity contribution in [2.24, 2.45) is 13.0 Å². The number of benzene rings is 3. The van der Waals surface area contributed by atoms with Crippen molar-refractivity contribution in [3.8, 4) is 0 Å². The van der Waals surface area contributed by atoms with Crippen LogP contribution < -0.4 is 5.32 Å². The van der Waals surface area contributed by atoms with Crippen LogP contribution >= 0.6 is 0 Å². The van der Waals surface area contributed by atoms with Gasteiger partial charge in [0.05, 0.1) is 12.1 Å². The van der Waals surface area contributed by atoms with Gasteiger partial charge in [0.15, 0.2) is 0 Å². The fraction of sp³-hybridized carbons (Fsp3) is 0.280. The van der Waals surface area contributed by atoms with E-state index in [1.807, 2.05) is 0 Å². The first kappa shape index (κ1) is 16.2. The van der Waals surface area contributed by atoms with Gasteiger partial charge in [0.25, 0.3) is 0 Å². The Morgan fingerprint density at radius 3 is 2.71 bits per heavy atom. The topological polar surface area (TPSA) is 26.2 Å². The molecular formula is C25H24N2O. The van der Waals surface area contributed by atoms with Crippen LogP contribution in [0, 0.1) is 5.92 Å². The molecule has 0 radical (unpaired) electrons. The molecule has 0 saturated carbocycles. The molecule has 2 unspecified atom stereocenters. The molecule has 28 heavy (non-hydrogen) atoms. The fourth-order valence-electron chi connectivity index (χ4n) is 5.33. The van der Waals surface area contributed by atoms with E-state index in [-0.39, 0.29) is 12.1 Å². The van der Waals surface area contributed by atoms with Crippen molar-refractivity contribution in [2.75, 3.05) is 11.9 Å². The third-order valence-electron chi connectivity index (χ3n) is 6.67. The van der Waals surface area contributed by atoms with Crippen molar-refractivity contribution in [1.29, 1.82) is 0 Å². The van der Waals surface area contributed by atoms with Gasteiger partial charge in [-0.25, -0.2) is 0 Å². The molecule has 0 bridgehead atoms. The highest BCUT2D eigenvalue weighted by Gasteiger charge is 2.39. The SMILES string of the molecule is Cn1c2ccccc2c2cc([C@H]3Nc4ccccc4C4OCCCC43)ccc21. The van der Waals surface area contributed by atoms with Crippen LogP contribution in [0.1, 0.15) is 36.1 Å². The van der Waals surface area contributed by atoms with Gasteiger partial charge in [-0.05, 0) is 42.7 Å². The molecule has 1 aromatic heterocycles. The first-order chi connectivity index (χ1) is 13.8. The molecule has 2 aliphatic heterocycles. The van der Waals surface area contributed by atoms with E-state index in [0.29, 0.717) is 5.92 Å². The Labute approximate surface area is 164 Å². The zero-order valence-electron chi connectivity index (χ0n) is 16.1. The number of nitrogens with one attached hydrogen (secondary N) is 1. The summed E-state index contributed by atoms with van der Waals surface area (Å²) < 4.78 is 8.57. The average molecular weight is 368 g/mol. The minimum atomic E-state index is 0.194. The minimum Gasteiger partial charge on any atom is -0.378 e. The Bertz CT molecular complexity index is 1190. The third kappa shape index (κ3) is 2.26. The van der Waals surface area contributed by atoms with E-state index in [1.165, 1.54) is 45.0 Å². The van der Waals surface area contributed by atoms with Crippen molar-refractivity contribution in [2.45, 2.75) is 25.0 Å². The van der Waals surface area contributed by atoms with Gasteiger partial charge in [-0.1, -0.05) is 42.5 Å². The Kier molecular flexibility index (Phi) is 3.54. The molecule has 6 rings (SSSR count). The van der Waals surface area contributed by atoms with Crippen LogP contribution in [0.15, 0.2) is 66.7 Å². The van der Waals surface area contributed by atoms with Crippen LogP contribution in [0.2, 0.25) is 0 Å². The number of para-hydroxylation sites is 2. The van der Waals surface area contributed by atoms with Crippen LogP contribution in [-0.2, 0) is 11.8 Å². The van der Waals surface area contributed by atoms with E-state index < -0.39 is 0 Å². The number of ether oxygens (including phenoxy) is 1. The average Bonchev–Trinajstić information content (AvgIpc) is 3.05. The minimum absolute atomic E-state index is 0.194. The zero-order chi connectivity index (χ0) is 18.7.